The molecule has 4 aliphatic carbocycles. The van der Waals surface area contributed by atoms with Crippen LogP contribution in [0.5, 0.6) is 0 Å². The maximum absolute atomic E-state index is 12.4. The maximum Gasteiger partial charge on any atom is 0.137 e. The number of carbonyl (C=O) groups excluding carboxylic acids is 1. The monoisotopic (exact) mass is 400 g/mol. The summed E-state index contributed by atoms with van der Waals surface area (Å²) in [4.78, 5) is 12.4. The van der Waals surface area contributed by atoms with Crippen LogP contribution >= 0.6 is 0 Å². The SMILES string of the molecule is CC(C)CCCC(C)[C@H]1CC[C@H]2[C@@H]3[C@H](O)CC4=CCC(=O)C[C@]4(C)[C@H]3CC[C@]12C. The zero-order chi connectivity index (χ0) is 21.0. The van der Waals surface area contributed by atoms with E-state index in [-0.39, 0.29) is 11.5 Å². The van der Waals surface area contributed by atoms with Crippen LogP contribution in [0.25, 0.3) is 0 Å². The molecule has 0 aromatic carbocycles. The zero-order valence-electron chi connectivity index (χ0n) is 19.5. The van der Waals surface area contributed by atoms with E-state index >= 15 is 0 Å². The summed E-state index contributed by atoms with van der Waals surface area (Å²) in [6.45, 7) is 12.1. The summed E-state index contributed by atoms with van der Waals surface area (Å²) in [7, 11) is 0. The van der Waals surface area contributed by atoms with Gasteiger partial charge in [0.1, 0.15) is 5.78 Å². The third kappa shape index (κ3) is 3.56. The Morgan fingerprint density at radius 1 is 1.10 bits per heavy atom. The average molecular weight is 401 g/mol. The number of fused-ring (bicyclic) bond motifs is 5. The van der Waals surface area contributed by atoms with E-state index in [4.69, 9.17) is 0 Å². The number of aliphatic hydroxyl groups is 1. The molecule has 3 saturated carbocycles. The van der Waals surface area contributed by atoms with Crippen LogP contribution in [0.4, 0.5) is 0 Å². The molecule has 0 saturated heterocycles. The van der Waals surface area contributed by atoms with E-state index in [0.717, 1.165) is 24.2 Å². The number of aliphatic hydroxyl groups excluding tert-OH is 1. The summed E-state index contributed by atoms with van der Waals surface area (Å²) in [6, 6.07) is 0. The number of allylic oxidation sites excluding steroid dienone is 1. The smallest absolute Gasteiger partial charge is 0.137 e. The third-order valence-electron chi connectivity index (χ3n) is 10.1. The van der Waals surface area contributed by atoms with Crippen molar-refractivity contribution < 1.29 is 9.90 Å². The number of Topliss-reactive ketones (excluding diaryl/α,β-unsaturated/α-hetero) is 1. The first-order valence-electron chi connectivity index (χ1n) is 12.6. The number of carbonyl (C=O) groups is 1. The van der Waals surface area contributed by atoms with E-state index in [1.54, 1.807) is 0 Å². The van der Waals surface area contributed by atoms with Gasteiger partial charge < -0.3 is 5.11 Å². The van der Waals surface area contributed by atoms with Crippen LogP contribution in [0, 0.1) is 46.3 Å². The van der Waals surface area contributed by atoms with Crippen molar-refractivity contribution in [3.8, 4) is 0 Å². The van der Waals surface area contributed by atoms with Crippen LogP contribution in [-0.2, 0) is 4.79 Å². The van der Waals surface area contributed by atoms with E-state index in [0.29, 0.717) is 41.8 Å². The maximum atomic E-state index is 12.4. The fourth-order valence-corrected chi connectivity index (χ4v) is 8.61. The fourth-order valence-electron chi connectivity index (χ4n) is 8.61. The lowest BCUT2D eigenvalue weighted by Gasteiger charge is -2.59. The Labute approximate surface area is 178 Å². The highest BCUT2D eigenvalue weighted by Gasteiger charge is 2.61. The van der Waals surface area contributed by atoms with Crippen molar-refractivity contribution >= 4 is 5.78 Å². The topological polar surface area (TPSA) is 37.3 Å². The lowest BCUT2D eigenvalue weighted by Crippen LogP contribution is -2.56. The van der Waals surface area contributed by atoms with Crippen LogP contribution in [0.3, 0.4) is 0 Å². The minimum absolute atomic E-state index is 0.0154. The van der Waals surface area contributed by atoms with Crippen molar-refractivity contribution in [2.75, 3.05) is 0 Å². The predicted molar refractivity (Wildman–Crippen MR) is 119 cm³/mol. The van der Waals surface area contributed by atoms with Gasteiger partial charge in [0.05, 0.1) is 6.10 Å². The second-order valence-electron chi connectivity index (χ2n) is 12.2. The molecular formula is C27H44O2. The summed E-state index contributed by atoms with van der Waals surface area (Å²) in [5.74, 6) is 4.36. The molecule has 0 amide bonds. The van der Waals surface area contributed by atoms with E-state index < -0.39 is 0 Å². The molecule has 0 aliphatic heterocycles. The van der Waals surface area contributed by atoms with Gasteiger partial charge in [-0.25, -0.2) is 0 Å². The first-order valence-corrected chi connectivity index (χ1v) is 12.6. The minimum atomic E-state index is -0.202. The Hall–Kier alpha value is -0.630. The summed E-state index contributed by atoms with van der Waals surface area (Å²) < 4.78 is 0. The summed E-state index contributed by atoms with van der Waals surface area (Å²) in [5.41, 5.74) is 1.79. The highest BCUT2D eigenvalue weighted by Crippen LogP contribution is 2.67. The van der Waals surface area contributed by atoms with Crippen molar-refractivity contribution in [1.82, 2.24) is 0 Å². The minimum Gasteiger partial charge on any atom is -0.392 e. The second-order valence-corrected chi connectivity index (χ2v) is 12.2. The van der Waals surface area contributed by atoms with Crippen LogP contribution < -0.4 is 0 Å². The zero-order valence-corrected chi connectivity index (χ0v) is 19.5. The van der Waals surface area contributed by atoms with Crippen LogP contribution in [-0.4, -0.2) is 17.0 Å². The molecule has 1 unspecified atom stereocenters. The molecular weight excluding hydrogens is 356 g/mol. The van der Waals surface area contributed by atoms with Crippen LogP contribution in [0.1, 0.15) is 98.8 Å². The standard InChI is InChI=1S/C27H44O2/c1-17(2)7-6-8-18(3)21-11-12-22-25-23(13-14-26(21,22)4)27(5)16-20(28)10-9-19(27)15-24(25)29/h9,17-18,21-25,29H,6-8,10-16H2,1-5H3/t18?,21-,22+,23+,24-,25+,26-,27+/m1/s1. The molecule has 0 aromatic rings. The molecule has 29 heavy (non-hydrogen) atoms. The lowest BCUT2D eigenvalue weighted by molar-refractivity contribution is -0.132. The normalized spacial score (nSPS) is 45.4. The summed E-state index contributed by atoms with van der Waals surface area (Å²) in [5, 5.41) is 11.3. The highest BCUT2D eigenvalue weighted by molar-refractivity contribution is 5.82. The van der Waals surface area contributed by atoms with Gasteiger partial charge in [0, 0.05) is 12.8 Å². The predicted octanol–water partition coefficient (Wildman–Crippen LogP) is 6.57. The van der Waals surface area contributed by atoms with E-state index in [1.165, 1.54) is 50.5 Å². The van der Waals surface area contributed by atoms with E-state index in [2.05, 4.69) is 40.7 Å². The first kappa shape index (κ1) is 21.6. The molecule has 3 fully saturated rings. The summed E-state index contributed by atoms with van der Waals surface area (Å²) >= 11 is 0. The van der Waals surface area contributed by atoms with Gasteiger partial charge in [0.25, 0.3) is 0 Å². The molecule has 0 aromatic heterocycles. The van der Waals surface area contributed by atoms with Crippen molar-refractivity contribution in [2.45, 2.75) is 105 Å². The van der Waals surface area contributed by atoms with E-state index in [1.807, 2.05) is 0 Å². The first-order chi connectivity index (χ1) is 13.7. The van der Waals surface area contributed by atoms with Gasteiger partial charge in [-0.2, -0.15) is 0 Å². The number of hydrogen-bond donors (Lipinski definition) is 1. The van der Waals surface area contributed by atoms with Crippen LogP contribution in [0.15, 0.2) is 11.6 Å². The largest absolute Gasteiger partial charge is 0.392 e. The van der Waals surface area contributed by atoms with Crippen molar-refractivity contribution in [2.24, 2.45) is 46.3 Å². The van der Waals surface area contributed by atoms with Gasteiger partial charge in [0.2, 0.25) is 0 Å². The van der Waals surface area contributed by atoms with Gasteiger partial charge in [-0.05, 0) is 78.4 Å². The quantitative estimate of drug-likeness (QED) is 0.530. The van der Waals surface area contributed by atoms with Crippen LogP contribution in [0.2, 0.25) is 0 Å². The number of rotatable bonds is 5. The fraction of sp³-hybridized carbons (Fsp3) is 0.889. The van der Waals surface area contributed by atoms with Gasteiger partial charge in [-0.1, -0.05) is 65.5 Å². The van der Waals surface area contributed by atoms with Crippen molar-refractivity contribution in [1.29, 1.82) is 0 Å². The van der Waals surface area contributed by atoms with Crippen molar-refractivity contribution in [3.63, 3.8) is 0 Å². The summed E-state index contributed by atoms with van der Waals surface area (Å²) in [6.07, 6.45) is 13.3. The second kappa shape index (κ2) is 7.81. The molecule has 0 bridgehead atoms. The van der Waals surface area contributed by atoms with Gasteiger partial charge >= 0.3 is 0 Å². The van der Waals surface area contributed by atoms with Gasteiger partial charge in [0.15, 0.2) is 0 Å². The Balaban J connectivity index is 1.54. The van der Waals surface area contributed by atoms with Gasteiger partial charge in [-0.15, -0.1) is 0 Å². The Morgan fingerprint density at radius 2 is 1.86 bits per heavy atom. The molecule has 0 heterocycles. The molecule has 8 atom stereocenters. The highest BCUT2D eigenvalue weighted by atomic mass is 16.3. The van der Waals surface area contributed by atoms with Crippen molar-refractivity contribution in [3.05, 3.63) is 11.6 Å². The molecule has 2 nitrogen and oxygen atoms in total. The molecule has 1 N–H and O–H groups in total. The molecule has 0 radical (unpaired) electrons. The molecule has 4 rings (SSSR count). The number of hydrogen-bond acceptors (Lipinski definition) is 2. The van der Waals surface area contributed by atoms with Gasteiger partial charge in [-0.3, -0.25) is 4.79 Å². The molecule has 164 valence electrons. The number of ketones is 1. The molecule has 4 aliphatic rings. The third-order valence-corrected chi connectivity index (χ3v) is 10.1. The Morgan fingerprint density at radius 3 is 2.59 bits per heavy atom. The molecule has 2 heteroatoms. The molecule has 0 spiro atoms. The lowest BCUT2D eigenvalue weighted by atomic mass is 9.45. The Kier molecular flexibility index (Phi) is 5.82. The van der Waals surface area contributed by atoms with E-state index in [9.17, 15) is 9.90 Å². The average Bonchev–Trinajstić information content (AvgIpc) is 2.99. The Bertz CT molecular complexity index is 663.